The summed E-state index contributed by atoms with van der Waals surface area (Å²) in [4.78, 5) is 9.06. The summed E-state index contributed by atoms with van der Waals surface area (Å²) in [5, 5.41) is 5.12. The molecule has 204 valence electrons. The molecule has 1 aliphatic rings. The maximum absolute atomic E-state index is 6.39. The Balaban J connectivity index is 0.00000289. The molecule has 0 unspecified atom stereocenters. The number of pyridine rings is 1. The smallest absolute Gasteiger partial charge is 0.107 e. The summed E-state index contributed by atoms with van der Waals surface area (Å²) in [6.45, 7) is 8.77. The van der Waals surface area contributed by atoms with Crippen molar-refractivity contribution in [2.24, 2.45) is 0 Å². The second-order valence-corrected chi connectivity index (χ2v) is 12.7. The van der Waals surface area contributed by atoms with Gasteiger partial charge < -0.3 is 14.5 Å². The molecule has 0 atom stereocenters. The van der Waals surface area contributed by atoms with E-state index in [-0.39, 0.29) is 26.5 Å². The van der Waals surface area contributed by atoms with Gasteiger partial charge in [-0.25, -0.2) is 0 Å². The Morgan fingerprint density at radius 1 is 0.950 bits per heavy atom. The van der Waals surface area contributed by atoms with Crippen molar-refractivity contribution in [3.05, 3.63) is 103 Å². The Labute approximate surface area is 257 Å². The average molecular weight is 740 g/mol. The van der Waals surface area contributed by atoms with Crippen LogP contribution in [0.5, 0.6) is 10.8 Å². The molecule has 7 heteroatoms. The SMILES string of the molecule is CN1[CH-]N(c2[c-]c(Oc3[c-]c4c(-c5cc(C(C)(C)C)ccn5)c5sccc5cc4s3)ccc2)c2ccccc21.[Pt]. The van der Waals surface area contributed by atoms with Crippen LogP contribution in [0, 0.1) is 18.8 Å². The molecule has 0 bridgehead atoms. The molecule has 7 rings (SSSR count). The number of rotatable bonds is 4. The molecule has 0 spiro atoms. The van der Waals surface area contributed by atoms with Crippen LogP contribution in [0.2, 0.25) is 0 Å². The van der Waals surface area contributed by atoms with E-state index in [4.69, 9.17) is 9.72 Å². The molecule has 3 aromatic carbocycles. The number of benzene rings is 3. The minimum absolute atomic E-state index is 0. The van der Waals surface area contributed by atoms with E-state index in [1.807, 2.05) is 24.4 Å². The van der Waals surface area contributed by atoms with Crippen molar-refractivity contribution < 1.29 is 25.8 Å². The van der Waals surface area contributed by atoms with Gasteiger partial charge in [0.05, 0.1) is 0 Å². The summed E-state index contributed by atoms with van der Waals surface area (Å²) < 4.78 is 8.74. The number of para-hydroxylation sites is 2. The maximum Gasteiger partial charge on any atom is 0.107 e. The molecule has 0 radical (unpaired) electrons. The maximum atomic E-state index is 6.39. The minimum Gasteiger partial charge on any atom is -0.504 e. The van der Waals surface area contributed by atoms with Crippen LogP contribution >= 0.6 is 22.7 Å². The Kier molecular flexibility index (Phi) is 6.98. The normalized spacial score (nSPS) is 13.1. The number of nitrogens with zero attached hydrogens (tertiary/aromatic N) is 3. The minimum atomic E-state index is 0. The number of thiophene rings is 2. The van der Waals surface area contributed by atoms with E-state index in [9.17, 15) is 0 Å². The molecule has 4 heterocycles. The van der Waals surface area contributed by atoms with Crippen LogP contribution in [0.25, 0.3) is 31.4 Å². The Bertz CT molecular complexity index is 1850. The number of hydrogen-bond donors (Lipinski definition) is 0. The van der Waals surface area contributed by atoms with Crippen LogP contribution in [-0.2, 0) is 26.5 Å². The van der Waals surface area contributed by atoms with Crippen LogP contribution in [0.3, 0.4) is 0 Å². The van der Waals surface area contributed by atoms with Crippen molar-refractivity contribution in [3.63, 3.8) is 0 Å². The van der Waals surface area contributed by atoms with Crippen LogP contribution in [0.15, 0.2) is 78.3 Å². The van der Waals surface area contributed by atoms with Crippen LogP contribution in [0.1, 0.15) is 26.3 Å². The molecule has 0 N–H and O–H groups in total. The summed E-state index contributed by atoms with van der Waals surface area (Å²) in [5.74, 6) is 0.659. The van der Waals surface area contributed by atoms with E-state index in [0.29, 0.717) is 10.8 Å². The summed E-state index contributed by atoms with van der Waals surface area (Å²) in [7, 11) is 2.06. The van der Waals surface area contributed by atoms with Gasteiger partial charge in [-0.05, 0) is 63.8 Å². The van der Waals surface area contributed by atoms with Gasteiger partial charge in [0.2, 0.25) is 0 Å². The average Bonchev–Trinajstić information content (AvgIpc) is 3.64. The van der Waals surface area contributed by atoms with Gasteiger partial charge in [0.1, 0.15) is 5.06 Å². The molecule has 4 nitrogen and oxygen atoms in total. The van der Waals surface area contributed by atoms with Crippen LogP contribution in [-0.4, -0.2) is 12.0 Å². The van der Waals surface area contributed by atoms with E-state index < -0.39 is 0 Å². The van der Waals surface area contributed by atoms with Gasteiger partial charge >= 0.3 is 0 Å². The summed E-state index contributed by atoms with van der Waals surface area (Å²) in [6.07, 6.45) is 1.92. The van der Waals surface area contributed by atoms with Gasteiger partial charge in [0, 0.05) is 50.1 Å². The molecule has 40 heavy (non-hydrogen) atoms. The van der Waals surface area contributed by atoms with Crippen molar-refractivity contribution in [3.8, 4) is 22.1 Å². The first-order valence-electron chi connectivity index (χ1n) is 12.8. The third-order valence-electron chi connectivity index (χ3n) is 7.04. The fourth-order valence-electron chi connectivity index (χ4n) is 5.03. The van der Waals surface area contributed by atoms with Gasteiger partial charge in [0.25, 0.3) is 0 Å². The number of ether oxygens (including phenoxy) is 1. The summed E-state index contributed by atoms with van der Waals surface area (Å²) >= 11 is 3.35. The fourth-order valence-corrected chi connectivity index (χ4v) is 6.90. The zero-order chi connectivity index (χ0) is 26.7. The monoisotopic (exact) mass is 739 g/mol. The van der Waals surface area contributed by atoms with Gasteiger partial charge in [-0.2, -0.15) is 40.8 Å². The second kappa shape index (κ2) is 10.3. The molecule has 0 amide bonds. The predicted octanol–water partition coefficient (Wildman–Crippen LogP) is 9.57. The molecule has 3 aromatic heterocycles. The third-order valence-corrected chi connectivity index (χ3v) is 8.90. The predicted molar refractivity (Wildman–Crippen MR) is 165 cm³/mol. The van der Waals surface area contributed by atoms with Gasteiger partial charge in [0.15, 0.2) is 0 Å². The molecular formula is C33H26N3OPtS2-3. The first-order chi connectivity index (χ1) is 18.8. The number of anilines is 3. The first kappa shape index (κ1) is 27.0. The molecule has 0 aliphatic carbocycles. The Hall–Kier alpha value is -3.18. The van der Waals surface area contributed by atoms with E-state index in [2.05, 4.69) is 110 Å². The van der Waals surface area contributed by atoms with E-state index in [1.54, 1.807) is 22.7 Å². The Morgan fingerprint density at radius 2 is 1.77 bits per heavy atom. The fraction of sp³-hybridized carbons (Fsp3) is 0.152. The molecular weight excluding hydrogens is 714 g/mol. The Morgan fingerprint density at radius 3 is 2.60 bits per heavy atom. The zero-order valence-corrected chi connectivity index (χ0v) is 26.4. The molecule has 0 saturated carbocycles. The third kappa shape index (κ3) is 4.72. The standard InChI is InChI=1S/C33H26N3OS2.Pt/c1-33(2,3)22-12-14-34-26(17-22)31-25-19-30(39-29(25)16-21-13-15-38-32(21)31)37-24-9-7-8-23(18-24)36-20-35(4)27-10-5-6-11-28(27)36;/h5-17,20H,1-4H3;/q-3;. The zero-order valence-electron chi connectivity index (χ0n) is 22.5. The summed E-state index contributed by atoms with van der Waals surface area (Å²) in [5.41, 5.74) is 6.60. The van der Waals surface area contributed by atoms with Crippen molar-refractivity contribution >= 4 is 59.9 Å². The van der Waals surface area contributed by atoms with Crippen molar-refractivity contribution in [2.45, 2.75) is 26.2 Å². The molecule has 1 aliphatic heterocycles. The van der Waals surface area contributed by atoms with Crippen LogP contribution in [0.4, 0.5) is 17.1 Å². The van der Waals surface area contributed by atoms with Crippen LogP contribution < -0.4 is 14.5 Å². The number of fused-ring (bicyclic) bond motifs is 3. The topological polar surface area (TPSA) is 28.6 Å². The van der Waals surface area contributed by atoms with Gasteiger partial charge in [-0.3, -0.25) is 4.98 Å². The summed E-state index contributed by atoms with van der Waals surface area (Å²) in [6, 6.07) is 30.1. The van der Waals surface area contributed by atoms with E-state index >= 15 is 0 Å². The number of hydrogen-bond acceptors (Lipinski definition) is 6. The van der Waals surface area contributed by atoms with Crippen molar-refractivity contribution in [2.75, 3.05) is 16.8 Å². The van der Waals surface area contributed by atoms with E-state index in [1.165, 1.54) is 15.6 Å². The van der Waals surface area contributed by atoms with E-state index in [0.717, 1.165) is 38.4 Å². The molecule has 6 aromatic rings. The molecule has 0 fully saturated rings. The van der Waals surface area contributed by atoms with Gasteiger partial charge in [-0.1, -0.05) is 49.2 Å². The first-order valence-corrected chi connectivity index (χ1v) is 14.5. The van der Waals surface area contributed by atoms with Crippen molar-refractivity contribution in [1.82, 2.24) is 4.98 Å². The number of aromatic nitrogens is 1. The van der Waals surface area contributed by atoms with Crippen molar-refractivity contribution in [1.29, 1.82) is 0 Å². The van der Waals surface area contributed by atoms with Gasteiger partial charge in [-0.15, -0.1) is 30.0 Å². The molecule has 0 saturated heterocycles. The second-order valence-electron chi connectivity index (χ2n) is 10.7. The largest absolute Gasteiger partial charge is 0.504 e. The quantitative estimate of drug-likeness (QED) is 0.169.